The molecule has 0 aliphatic carbocycles. The van der Waals surface area contributed by atoms with Crippen LogP contribution < -0.4 is 11.2 Å². The van der Waals surface area contributed by atoms with Gasteiger partial charge in [0.15, 0.2) is 0 Å². The summed E-state index contributed by atoms with van der Waals surface area (Å²) in [7, 11) is 1.61. The number of rotatable bonds is 2. The Morgan fingerprint density at radius 1 is 1.44 bits per heavy atom. The van der Waals surface area contributed by atoms with Gasteiger partial charge in [-0.25, -0.2) is 4.79 Å². The maximum absolute atomic E-state index is 11.5. The van der Waals surface area contributed by atoms with Crippen molar-refractivity contribution >= 4 is 22.6 Å². The normalized spacial score (nSPS) is 9.69. The molecule has 4 nitrogen and oxygen atoms in total. The van der Waals surface area contributed by atoms with Gasteiger partial charge in [0.2, 0.25) is 0 Å². The number of halogens is 1. The molecule has 0 aliphatic rings. The number of unbranched alkanes of at least 4 members (excludes halogenated alkanes) is 2. The summed E-state index contributed by atoms with van der Waals surface area (Å²) in [4.78, 5) is 25.0. The predicted molar refractivity (Wildman–Crippen MR) is 71.4 cm³/mol. The molecule has 0 radical (unpaired) electrons. The second-order valence-corrected chi connectivity index (χ2v) is 4.41. The highest BCUT2D eigenvalue weighted by Gasteiger charge is 2.06. The Balaban J connectivity index is 3.14. The molecule has 5 heteroatoms. The van der Waals surface area contributed by atoms with Crippen molar-refractivity contribution in [3.63, 3.8) is 0 Å². The molecule has 0 saturated carbocycles. The first kappa shape index (κ1) is 13.0. The van der Waals surface area contributed by atoms with E-state index in [0.29, 0.717) is 9.26 Å². The highest BCUT2D eigenvalue weighted by Crippen LogP contribution is 2.02. The van der Waals surface area contributed by atoms with Crippen molar-refractivity contribution in [2.75, 3.05) is 0 Å². The molecule has 0 spiro atoms. The van der Waals surface area contributed by atoms with Gasteiger partial charge in [0.05, 0.1) is 0 Å². The number of hydrogen-bond donors (Lipinski definition) is 1. The van der Waals surface area contributed by atoms with Crippen LogP contribution in [0.2, 0.25) is 0 Å². The topological polar surface area (TPSA) is 54.9 Å². The molecule has 0 aliphatic heterocycles. The third-order valence-corrected chi connectivity index (χ3v) is 3.38. The van der Waals surface area contributed by atoms with Gasteiger partial charge in [0, 0.05) is 13.5 Å². The number of nitrogens with zero attached hydrogens (tertiary/aromatic N) is 1. The van der Waals surface area contributed by atoms with Gasteiger partial charge in [-0.1, -0.05) is 25.2 Å². The van der Waals surface area contributed by atoms with Gasteiger partial charge in [-0.2, -0.15) is 0 Å². The highest BCUT2D eigenvalue weighted by atomic mass is 127. The van der Waals surface area contributed by atoms with Gasteiger partial charge in [0.1, 0.15) is 9.26 Å². The van der Waals surface area contributed by atoms with E-state index in [2.05, 4.69) is 23.7 Å². The Labute approximate surface area is 107 Å². The van der Waals surface area contributed by atoms with Gasteiger partial charge in [-0.15, -0.1) is 0 Å². The van der Waals surface area contributed by atoms with Crippen LogP contribution >= 0.6 is 22.6 Å². The fourth-order valence-corrected chi connectivity index (χ4v) is 1.72. The van der Waals surface area contributed by atoms with Gasteiger partial charge >= 0.3 is 5.69 Å². The Kier molecular flexibility index (Phi) is 4.80. The molecule has 1 heterocycles. The molecule has 1 rings (SSSR count). The van der Waals surface area contributed by atoms with Crippen LogP contribution in [0, 0.1) is 15.5 Å². The lowest BCUT2D eigenvalue weighted by molar-refractivity contribution is 0.770. The lowest BCUT2D eigenvalue weighted by Crippen LogP contribution is -2.32. The number of hydrogen-bond acceptors (Lipinski definition) is 2. The average Bonchev–Trinajstić information content (AvgIpc) is 2.25. The monoisotopic (exact) mass is 332 g/mol. The fraction of sp³-hybridized carbons (Fsp3) is 0.455. The molecule has 0 saturated heterocycles. The summed E-state index contributed by atoms with van der Waals surface area (Å²) in [6, 6.07) is 0. The Morgan fingerprint density at radius 2 is 2.12 bits per heavy atom. The van der Waals surface area contributed by atoms with Crippen LogP contribution in [-0.2, 0) is 7.05 Å². The molecular formula is C11H13IN2O2. The lowest BCUT2D eigenvalue weighted by Gasteiger charge is -2.01. The van der Waals surface area contributed by atoms with Crippen molar-refractivity contribution in [1.82, 2.24) is 9.55 Å². The minimum absolute atomic E-state index is 0.374. The van der Waals surface area contributed by atoms with E-state index in [4.69, 9.17) is 0 Å². The molecule has 1 N–H and O–H groups in total. The molecular weight excluding hydrogens is 319 g/mol. The quantitative estimate of drug-likeness (QED) is 0.383. The van der Waals surface area contributed by atoms with E-state index in [1.165, 1.54) is 4.57 Å². The summed E-state index contributed by atoms with van der Waals surface area (Å²) in [6.07, 6.45) is 2.87. The van der Waals surface area contributed by atoms with E-state index >= 15 is 0 Å². The first-order valence-electron chi connectivity index (χ1n) is 5.05. The van der Waals surface area contributed by atoms with Crippen LogP contribution in [0.4, 0.5) is 0 Å². The number of aromatic amines is 1. The Bertz CT molecular complexity index is 546. The highest BCUT2D eigenvalue weighted by molar-refractivity contribution is 14.1. The second-order valence-electron chi connectivity index (χ2n) is 3.39. The summed E-state index contributed by atoms with van der Waals surface area (Å²) in [6.45, 7) is 2.09. The summed E-state index contributed by atoms with van der Waals surface area (Å²) in [5.74, 6) is 5.76. The molecule has 0 aromatic carbocycles. The molecule has 0 bridgehead atoms. The molecule has 1 aromatic rings. The zero-order valence-electron chi connectivity index (χ0n) is 9.26. The predicted octanol–water partition coefficient (Wildman–Crippen LogP) is 1.22. The minimum Gasteiger partial charge on any atom is -0.290 e. The van der Waals surface area contributed by atoms with Crippen molar-refractivity contribution in [3.05, 3.63) is 30.1 Å². The van der Waals surface area contributed by atoms with Gasteiger partial charge in [-0.3, -0.25) is 14.3 Å². The van der Waals surface area contributed by atoms with Gasteiger partial charge in [-0.05, 0) is 29.0 Å². The molecule has 16 heavy (non-hydrogen) atoms. The molecule has 0 atom stereocenters. The molecule has 1 aromatic heterocycles. The zero-order valence-corrected chi connectivity index (χ0v) is 11.4. The third kappa shape index (κ3) is 2.98. The Morgan fingerprint density at radius 3 is 2.75 bits per heavy atom. The molecule has 0 amide bonds. The van der Waals surface area contributed by atoms with Crippen LogP contribution in [0.5, 0.6) is 0 Å². The smallest absolute Gasteiger partial charge is 0.290 e. The van der Waals surface area contributed by atoms with E-state index < -0.39 is 11.2 Å². The zero-order chi connectivity index (χ0) is 12.1. The Hall–Kier alpha value is -1.03. The SMILES string of the molecule is CCCCC#Cc1c(I)n(C)c(=O)[nH]c1=O. The van der Waals surface area contributed by atoms with E-state index in [-0.39, 0.29) is 0 Å². The van der Waals surface area contributed by atoms with Crippen molar-refractivity contribution in [2.24, 2.45) is 7.05 Å². The van der Waals surface area contributed by atoms with Crippen molar-refractivity contribution in [1.29, 1.82) is 0 Å². The number of aromatic nitrogens is 2. The third-order valence-electron chi connectivity index (χ3n) is 2.12. The van der Waals surface area contributed by atoms with Gasteiger partial charge in [0.25, 0.3) is 5.56 Å². The van der Waals surface area contributed by atoms with E-state index in [1.54, 1.807) is 7.05 Å². The molecule has 0 unspecified atom stereocenters. The summed E-state index contributed by atoms with van der Waals surface area (Å²) < 4.78 is 1.96. The van der Waals surface area contributed by atoms with E-state index in [1.807, 2.05) is 22.6 Å². The minimum atomic E-state index is -0.409. The maximum Gasteiger partial charge on any atom is 0.328 e. The number of nitrogens with one attached hydrogen (secondary N) is 1. The van der Waals surface area contributed by atoms with E-state index in [0.717, 1.165) is 19.3 Å². The summed E-state index contributed by atoms with van der Waals surface area (Å²) >= 11 is 1.96. The van der Waals surface area contributed by atoms with Gasteiger partial charge < -0.3 is 0 Å². The van der Waals surface area contributed by atoms with Crippen LogP contribution in [0.3, 0.4) is 0 Å². The fourth-order valence-electron chi connectivity index (χ4n) is 1.12. The van der Waals surface area contributed by atoms with Crippen molar-refractivity contribution in [2.45, 2.75) is 26.2 Å². The maximum atomic E-state index is 11.5. The second kappa shape index (κ2) is 5.89. The number of H-pyrrole nitrogens is 1. The van der Waals surface area contributed by atoms with Crippen LogP contribution in [0.25, 0.3) is 0 Å². The average molecular weight is 332 g/mol. The molecule has 86 valence electrons. The standard InChI is InChI=1S/C11H13IN2O2/c1-3-4-5-6-7-8-9(12)14(2)11(16)13-10(8)15/h3-5H2,1-2H3,(H,13,15,16). The van der Waals surface area contributed by atoms with Crippen molar-refractivity contribution in [3.8, 4) is 11.8 Å². The summed E-state index contributed by atoms with van der Waals surface area (Å²) in [5.41, 5.74) is -0.441. The first-order valence-corrected chi connectivity index (χ1v) is 6.13. The van der Waals surface area contributed by atoms with Crippen LogP contribution in [-0.4, -0.2) is 9.55 Å². The van der Waals surface area contributed by atoms with Crippen LogP contribution in [0.1, 0.15) is 31.7 Å². The van der Waals surface area contributed by atoms with E-state index in [9.17, 15) is 9.59 Å². The first-order chi connectivity index (χ1) is 7.57. The molecule has 0 fully saturated rings. The lowest BCUT2D eigenvalue weighted by atomic mass is 10.2. The largest absolute Gasteiger partial charge is 0.328 e. The van der Waals surface area contributed by atoms with Crippen molar-refractivity contribution < 1.29 is 0 Å². The summed E-state index contributed by atoms with van der Waals surface area (Å²) in [5, 5.41) is 0. The van der Waals surface area contributed by atoms with Crippen LogP contribution in [0.15, 0.2) is 9.59 Å².